The molecule has 0 radical (unpaired) electrons. The van der Waals surface area contributed by atoms with E-state index in [0.717, 1.165) is 38.5 Å². The second kappa shape index (κ2) is 49.2. The summed E-state index contributed by atoms with van der Waals surface area (Å²) in [7, 11) is 1.36. The van der Waals surface area contributed by atoms with Crippen LogP contribution >= 0.6 is 7.82 Å². The Bertz CT molecular complexity index is 1140. The van der Waals surface area contributed by atoms with Crippen LogP contribution in [-0.4, -0.2) is 70.7 Å². The minimum absolute atomic E-state index is 0.0261. The second-order valence-corrected chi connectivity index (χ2v) is 21.3. The van der Waals surface area contributed by atoms with Gasteiger partial charge in [0.05, 0.1) is 34.4 Å². The summed E-state index contributed by atoms with van der Waals surface area (Å²) in [6.07, 6.45) is 60.3. The zero-order valence-electron chi connectivity index (χ0n) is 43.7. The van der Waals surface area contributed by atoms with Gasteiger partial charge in [0.15, 0.2) is 0 Å². The van der Waals surface area contributed by atoms with Crippen LogP contribution in [0.4, 0.5) is 0 Å². The van der Waals surface area contributed by atoms with Crippen molar-refractivity contribution in [1.82, 2.24) is 0 Å². The van der Waals surface area contributed by atoms with Gasteiger partial charge in [0.2, 0.25) is 0 Å². The third kappa shape index (κ3) is 53.5. The van der Waals surface area contributed by atoms with Gasteiger partial charge in [-0.05, 0) is 70.6 Å². The fraction of sp³-hybridized carbons (Fsp3) is 0.875. The smallest absolute Gasteiger partial charge is 0.306 e. The highest BCUT2D eigenvalue weighted by Gasteiger charge is 2.20. The lowest BCUT2D eigenvalue weighted by molar-refractivity contribution is -0.870. The quantitative estimate of drug-likeness (QED) is 0.0197. The van der Waals surface area contributed by atoms with E-state index in [1.807, 2.05) is 21.1 Å². The largest absolute Gasteiger partial charge is 0.756 e. The van der Waals surface area contributed by atoms with Gasteiger partial charge in [-0.25, -0.2) is 0 Å². The van der Waals surface area contributed by atoms with E-state index in [1.54, 1.807) is 0 Å². The number of rotatable bonds is 52. The van der Waals surface area contributed by atoms with E-state index in [-0.39, 0.29) is 25.8 Å². The van der Waals surface area contributed by atoms with Gasteiger partial charge in [0.25, 0.3) is 7.82 Å². The van der Waals surface area contributed by atoms with Crippen LogP contribution in [-0.2, 0) is 27.9 Å². The molecule has 0 amide bonds. The number of phosphoric acid groups is 1. The van der Waals surface area contributed by atoms with Crippen molar-refractivity contribution < 1.29 is 37.3 Å². The number of carbonyl (C=O) groups is 1. The van der Waals surface area contributed by atoms with Crippen molar-refractivity contribution in [3.63, 3.8) is 0 Å². The number of phosphoric ester groups is 1. The number of likely N-dealkylation sites (N-methyl/N-ethyl adjacent to an activating group) is 1. The number of esters is 1. The van der Waals surface area contributed by atoms with Crippen LogP contribution in [0.5, 0.6) is 0 Å². The SMILES string of the molecule is CCCCC/C=C\C/C=C\CCCCCCCCCCCCOCC(COP(=O)([O-])OCC[N+](C)(C)C)OC(=O)CCCCCCCCCCCCC/C=C\CCCCCCCCCC. The van der Waals surface area contributed by atoms with E-state index in [0.29, 0.717) is 24.1 Å². The molecule has 2 atom stereocenters. The lowest BCUT2D eigenvalue weighted by Gasteiger charge is -2.28. The van der Waals surface area contributed by atoms with Gasteiger partial charge in [-0.1, -0.05) is 217 Å². The summed E-state index contributed by atoms with van der Waals surface area (Å²) in [5, 5.41) is 0. The lowest BCUT2D eigenvalue weighted by Crippen LogP contribution is -2.37. The monoisotopic (exact) mass is 938 g/mol. The van der Waals surface area contributed by atoms with Gasteiger partial charge in [0.1, 0.15) is 19.3 Å². The van der Waals surface area contributed by atoms with Crippen LogP contribution < -0.4 is 4.89 Å². The molecule has 0 aromatic rings. The molecule has 0 rings (SSSR count). The van der Waals surface area contributed by atoms with Crippen LogP contribution in [0.3, 0.4) is 0 Å². The maximum absolute atomic E-state index is 12.8. The van der Waals surface area contributed by atoms with Gasteiger partial charge >= 0.3 is 5.97 Å². The molecule has 0 saturated heterocycles. The average molecular weight is 938 g/mol. The summed E-state index contributed by atoms with van der Waals surface area (Å²) in [6, 6.07) is 0. The Morgan fingerprint density at radius 3 is 1.29 bits per heavy atom. The highest BCUT2D eigenvalue weighted by Crippen LogP contribution is 2.38. The molecule has 0 spiro atoms. The molecule has 8 nitrogen and oxygen atoms in total. The van der Waals surface area contributed by atoms with E-state index in [2.05, 4.69) is 50.3 Å². The number of hydrogen-bond donors (Lipinski definition) is 0. The average Bonchev–Trinajstić information content (AvgIpc) is 3.27. The minimum Gasteiger partial charge on any atom is -0.756 e. The van der Waals surface area contributed by atoms with Crippen LogP contribution in [0.25, 0.3) is 0 Å². The number of ether oxygens (including phenoxy) is 2. The second-order valence-electron chi connectivity index (χ2n) is 19.9. The first-order chi connectivity index (χ1) is 31.6. The van der Waals surface area contributed by atoms with Gasteiger partial charge in [-0.2, -0.15) is 0 Å². The maximum atomic E-state index is 12.8. The number of quaternary nitrogens is 1. The Hall–Kier alpha value is -1.28. The van der Waals surface area contributed by atoms with Gasteiger partial charge in [0, 0.05) is 13.0 Å². The number of nitrogens with zero attached hydrogens (tertiary/aromatic N) is 1. The Morgan fingerprint density at radius 1 is 0.477 bits per heavy atom. The zero-order valence-corrected chi connectivity index (χ0v) is 44.6. The molecule has 2 unspecified atom stereocenters. The third-order valence-electron chi connectivity index (χ3n) is 12.2. The summed E-state index contributed by atoms with van der Waals surface area (Å²) in [5.41, 5.74) is 0. The zero-order chi connectivity index (χ0) is 47.6. The maximum Gasteiger partial charge on any atom is 0.306 e. The minimum atomic E-state index is -4.53. The Kier molecular flexibility index (Phi) is 48.2. The number of allylic oxidation sites excluding steroid dienone is 6. The van der Waals surface area contributed by atoms with Crippen molar-refractivity contribution in [3.8, 4) is 0 Å². The van der Waals surface area contributed by atoms with Gasteiger partial charge in [-0.3, -0.25) is 9.36 Å². The highest BCUT2D eigenvalue weighted by atomic mass is 31.2. The van der Waals surface area contributed by atoms with Crippen molar-refractivity contribution in [2.75, 3.05) is 54.1 Å². The first-order valence-electron chi connectivity index (χ1n) is 27.7. The first kappa shape index (κ1) is 63.7. The van der Waals surface area contributed by atoms with E-state index in [9.17, 15) is 14.3 Å². The molecule has 0 saturated carbocycles. The molecule has 0 bridgehead atoms. The molecule has 0 aromatic heterocycles. The van der Waals surface area contributed by atoms with E-state index in [4.69, 9.17) is 18.5 Å². The highest BCUT2D eigenvalue weighted by molar-refractivity contribution is 7.45. The van der Waals surface area contributed by atoms with E-state index >= 15 is 0 Å². The first-order valence-corrected chi connectivity index (χ1v) is 29.2. The van der Waals surface area contributed by atoms with E-state index in [1.165, 1.54) is 199 Å². The van der Waals surface area contributed by atoms with Crippen molar-refractivity contribution in [3.05, 3.63) is 36.5 Å². The molecule has 384 valence electrons. The predicted octanol–water partition coefficient (Wildman–Crippen LogP) is 16.7. The fourth-order valence-corrected chi connectivity index (χ4v) is 8.60. The normalized spacial score (nSPS) is 13.8. The molecule has 0 fully saturated rings. The van der Waals surface area contributed by atoms with Crippen molar-refractivity contribution >= 4 is 13.8 Å². The third-order valence-corrected chi connectivity index (χ3v) is 13.1. The molecule has 0 aliphatic rings. The molecule has 0 N–H and O–H groups in total. The summed E-state index contributed by atoms with van der Waals surface area (Å²) in [6.45, 7) is 5.42. The number of unbranched alkanes of at least 4 members (excludes halogenated alkanes) is 32. The molecular weight excluding hydrogens is 830 g/mol. The Morgan fingerprint density at radius 2 is 0.846 bits per heavy atom. The Balaban J connectivity index is 4.08. The lowest BCUT2D eigenvalue weighted by atomic mass is 10.0. The summed E-state index contributed by atoms with van der Waals surface area (Å²) in [4.78, 5) is 25.2. The number of carbonyl (C=O) groups excluding carboxylic acids is 1. The molecule has 0 heterocycles. The van der Waals surface area contributed by atoms with Crippen LogP contribution in [0.2, 0.25) is 0 Å². The molecule has 9 heteroatoms. The summed E-state index contributed by atoms with van der Waals surface area (Å²) >= 11 is 0. The summed E-state index contributed by atoms with van der Waals surface area (Å²) < 4.78 is 34.8. The Labute approximate surface area is 404 Å². The van der Waals surface area contributed by atoms with Gasteiger partial charge < -0.3 is 27.9 Å². The number of hydrogen-bond acceptors (Lipinski definition) is 7. The molecule has 65 heavy (non-hydrogen) atoms. The predicted molar refractivity (Wildman–Crippen MR) is 277 cm³/mol. The molecule has 0 aliphatic carbocycles. The van der Waals surface area contributed by atoms with Crippen molar-refractivity contribution in [2.45, 2.75) is 264 Å². The van der Waals surface area contributed by atoms with Crippen LogP contribution in [0.15, 0.2) is 36.5 Å². The molecular formula is C56H108NO7P. The standard InChI is InChI=1S/C56H108NO7P/c1-6-8-10-12-14-16-18-20-22-24-26-28-29-30-31-33-35-37-39-41-43-45-47-49-56(58)64-55(54-63-65(59,60)62-52-50-57(3,4)5)53-61-51-48-46-44-42-40-38-36-34-32-27-25-23-21-19-17-15-13-11-9-7-2/h15,17,21,23-24,26,55H,6-14,16,18-20,22,25,27-54H2,1-5H3/b17-15-,23-21-,26-24-. The topological polar surface area (TPSA) is 94.1 Å². The van der Waals surface area contributed by atoms with E-state index < -0.39 is 13.9 Å². The molecule has 0 aliphatic heterocycles. The van der Waals surface area contributed by atoms with Crippen LogP contribution in [0.1, 0.15) is 258 Å². The fourth-order valence-electron chi connectivity index (χ4n) is 7.87. The van der Waals surface area contributed by atoms with Crippen molar-refractivity contribution in [2.24, 2.45) is 0 Å². The van der Waals surface area contributed by atoms with Crippen LogP contribution in [0, 0.1) is 0 Å². The van der Waals surface area contributed by atoms with Gasteiger partial charge in [-0.15, -0.1) is 0 Å². The molecule has 0 aromatic carbocycles. The van der Waals surface area contributed by atoms with Crippen molar-refractivity contribution in [1.29, 1.82) is 0 Å². The summed E-state index contributed by atoms with van der Waals surface area (Å²) in [5.74, 6) is -0.332.